The predicted molar refractivity (Wildman–Crippen MR) is 31.5 cm³/mol. The number of aliphatic hydroxyl groups excluding tert-OH is 2. The first kappa shape index (κ1) is 6.54. The van der Waals surface area contributed by atoms with Gasteiger partial charge in [0, 0.05) is 0 Å². The summed E-state index contributed by atoms with van der Waals surface area (Å²) >= 11 is 0. The Kier molecular flexibility index (Phi) is 1.42. The second kappa shape index (κ2) is 2.17. The number of aliphatic hydroxyl groups is 2. The fourth-order valence-electron chi connectivity index (χ4n) is 1.39. The van der Waals surface area contributed by atoms with E-state index in [1.54, 1.807) is 0 Å². The Morgan fingerprint density at radius 3 is 2.60 bits per heavy atom. The number of fused-ring (bicyclic) bond motifs is 1. The maximum atomic E-state index is 9.27. The topological polar surface area (TPSA) is 58.9 Å². The van der Waals surface area contributed by atoms with E-state index < -0.39 is 12.2 Å². The lowest BCUT2D eigenvalue weighted by Gasteiger charge is -2.30. The predicted octanol–water partition coefficient (Wildman–Crippen LogP) is -1.49. The van der Waals surface area contributed by atoms with Crippen molar-refractivity contribution in [1.82, 2.24) is 0 Å². The maximum absolute atomic E-state index is 9.27. The third-order valence-electron chi connectivity index (χ3n) is 2.07. The van der Waals surface area contributed by atoms with Crippen LogP contribution in [0.4, 0.5) is 0 Å². The Balaban J connectivity index is 2.02. The first-order valence-corrected chi connectivity index (χ1v) is 3.39. The van der Waals surface area contributed by atoms with E-state index in [2.05, 4.69) is 0 Å². The van der Waals surface area contributed by atoms with Crippen molar-refractivity contribution in [3.05, 3.63) is 0 Å². The molecule has 4 heteroatoms. The normalized spacial score (nSPS) is 52.2. The van der Waals surface area contributed by atoms with E-state index in [1.165, 1.54) is 0 Å². The van der Waals surface area contributed by atoms with Gasteiger partial charge in [-0.1, -0.05) is 0 Å². The fourth-order valence-corrected chi connectivity index (χ4v) is 1.39. The first-order chi connectivity index (χ1) is 4.83. The van der Waals surface area contributed by atoms with E-state index in [1.807, 2.05) is 0 Å². The molecule has 2 N–H and O–H groups in total. The Morgan fingerprint density at radius 1 is 1.50 bits per heavy atom. The van der Waals surface area contributed by atoms with Gasteiger partial charge in [0.1, 0.15) is 24.4 Å². The van der Waals surface area contributed by atoms with Crippen molar-refractivity contribution in [2.24, 2.45) is 0 Å². The van der Waals surface area contributed by atoms with Crippen LogP contribution in [0.5, 0.6) is 0 Å². The molecule has 0 aromatic heterocycles. The summed E-state index contributed by atoms with van der Waals surface area (Å²) in [4.78, 5) is 0. The lowest BCUT2D eigenvalue weighted by Crippen LogP contribution is -2.47. The van der Waals surface area contributed by atoms with Gasteiger partial charge in [-0.3, -0.25) is 0 Å². The molecule has 0 amide bonds. The number of hydrogen-bond acceptors (Lipinski definition) is 4. The van der Waals surface area contributed by atoms with Gasteiger partial charge in [0.05, 0.1) is 13.2 Å². The largest absolute Gasteiger partial charge is 0.394 e. The highest BCUT2D eigenvalue weighted by Gasteiger charge is 2.49. The average Bonchev–Trinajstić information content (AvgIpc) is 2.05. The molecular formula is C6H10O4. The Hall–Kier alpha value is -0.160. The third-order valence-corrected chi connectivity index (χ3v) is 2.07. The SMILES string of the molecule is OCC1OC2COC2C1O. The molecule has 2 fully saturated rings. The average molecular weight is 146 g/mol. The molecule has 10 heavy (non-hydrogen) atoms. The van der Waals surface area contributed by atoms with E-state index in [-0.39, 0.29) is 18.8 Å². The first-order valence-electron chi connectivity index (χ1n) is 3.39. The highest BCUT2D eigenvalue weighted by Crippen LogP contribution is 2.30. The summed E-state index contributed by atoms with van der Waals surface area (Å²) < 4.78 is 10.2. The molecule has 4 nitrogen and oxygen atoms in total. The summed E-state index contributed by atoms with van der Waals surface area (Å²) in [7, 11) is 0. The van der Waals surface area contributed by atoms with Crippen LogP contribution in [-0.4, -0.2) is 47.8 Å². The molecule has 2 rings (SSSR count). The fraction of sp³-hybridized carbons (Fsp3) is 1.00. The lowest BCUT2D eigenvalue weighted by molar-refractivity contribution is -0.154. The van der Waals surface area contributed by atoms with E-state index >= 15 is 0 Å². The molecule has 2 aliphatic rings. The van der Waals surface area contributed by atoms with Crippen molar-refractivity contribution in [1.29, 1.82) is 0 Å². The van der Waals surface area contributed by atoms with E-state index in [9.17, 15) is 5.11 Å². The van der Waals surface area contributed by atoms with Gasteiger partial charge in [0.15, 0.2) is 0 Å². The van der Waals surface area contributed by atoms with Gasteiger partial charge in [-0.15, -0.1) is 0 Å². The van der Waals surface area contributed by atoms with Crippen LogP contribution >= 0.6 is 0 Å². The minimum atomic E-state index is -0.635. The number of ether oxygens (including phenoxy) is 2. The zero-order valence-electron chi connectivity index (χ0n) is 5.43. The van der Waals surface area contributed by atoms with E-state index in [0.717, 1.165) is 0 Å². The molecule has 2 heterocycles. The smallest absolute Gasteiger partial charge is 0.114 e. The van der Waals surface area contributed by atoms with Gasteiger partial charge in [-0.05, 0) is 0 Å². The Labute approximate surface area is 58.4 Å². The molecule has 2 saturated heterocycles. The van der Waals surface area contributed by atoms with Crippen LogP contribution in [0.15, 0.2) is 0 Å². The second-order valence-corrected chi connectivity index (χ2v) is 2.68. The van der Waals surface area contributed by atoms with Crippen LogP contribution in [-0.2, 0) is 9.47 Å². The molecule has 0 aromatic carbocycles. The van der Waals surface area contributed by atoms with Crippen molar-refractivity contribution >= 4 is 0 Å². The molecular weight excluding hydrogens is 136 g/mol. The molecule has 4 unspecified atom stereocenters. The quantitative estimate of drug-likeness (QED) is 0.473. The monoisotopic (exact) mass is 146 g/mol. The second-order valence-electron chi connectivity index (χ2n) is 2.68. The van der Waals surface area contributed by atoms with Crippen molar-refractivity contribution in [2.45, 2.75) is 24.4 Å². The van der Waals surface area contributed by atoms with Crippen LogP contribution in [0.25, 0.3) is 0 Å². The molecule has 0 aliphatic carbocycles. The Bertz CT molecular complexity index is 138. The Morgan fingerprint density at radius 2 is 2.30 bits per heavy atom. The highest BCUT2D eigenvalue weighted by atomic mass is 16.6. The summed E-state index contributed by atoms with van der Waals surface area (Å²) in [5.41, 5.74) is 0. The lowest BCUT2D eigenvalue weighted by atomic mass is 10.0. The molecule has 0 bridgehead atoms. The van der Waals surface area contributed by atoms with Gasteiger partial charge in [0.25, 0.3) is 0 Å². The third kappa shape index (κ3) is 0.703. The van der Waals surface area contributed by atoms with Crippen molar-refractivity contribution in [3.63, 3.8) is 0 Å². The maximum Gasteiger partial charge on any atom is 0.114 e. The minimum Gasteiger partial charge on any atom is -0.394 e. The zero-order chi connectivity index (χ0) is 7.14. The molecule has 0 spiro atoms. The van der Waals surface area contributed by atoms with E-state index in [0.29, 0.717) is 6.61 Å². The molecule has 0 aromatic rings. The number of rotatable bonds is 1. The van der Waals surface area contributed by atoms with Crippen LogP contribution in [0, 0.1) is 0 Å². The van der Waals surface area contributed by atoms with Crippen LogP contribution < -0.4 is 0 Å². The number of hydrogen-bond donors (Lipinski definition) is 2. The zero-order valence-corrected chi connectivity index (χ0v) is 5.43. The molecule has 2 aliphatic heterocycles. The summed E-state index contributed by atoms with van der Waals surface area (Å²) in [6, 6.07) is 0. The van der Waals surface area contributed by atoms with Crippen molar-refractivity contribution < 1.29 is 19.7 Å². The molecule has 4 atom stereocenters. The van der Waals surface area contributed by atoms with E-state index in [4.69, 9.17) is 14.6 Å². The molecule has 0 radical (unpaired) electrons. The van der Waals surface area contributed by atoms with Gasteiger partial charge >= 0.3 is 0 Å². The van der Waals surface area contributed by atoms with Crippen LogP contribution in [0.3, 0.4) is 0 Å². The summed E-state index contributed by atoms with van der Waals surface area (Å²) in [5.74, 6) is 0. The standard InChI is InChI=1S/C6H10O4/c7-1-3-5(8)6-4(10-3)2-9-6/h3-8H,1-2H2. The van der Waals surface area contributed by atoms with Crippen molar-refractivity contribution in [3.8, 4) is 0 Å². The molecule has 58 valence electrons. The van der Waals surface area contributed by atoms with Crippen molar-refractivity contribution in [2.75, 3.05) is 13.2 Å². The van der Waals surface area contributed by atoms with Gasteiger partial charge in [-0.2, -0.15) is 0 Å². The van der Waals surface area contributed by atoms with Gasteiger partial charge < -0.3 is 19.7 Å². The van der Waals surface area contributed by atoms with Crippen LogP contribution in [0.1, 0.15) is 0 Å². The summed E-state index contributed by atoms with van der Waals surface area (Å²) in [6.45, 7) is 0.426. The molecule has 0 saturated carbocycles. The van der Waals surface area contributed by atoms with Gasteiger partial charge in [0.2, 0.25) is 0 Å². The van der Waals surface area contributed by atoms with Crippen LogP contribution in [0.2, 0.25) is 0 Å². The highest BCUT2D eigenvalue weighted by molar-refractivity contribution is 4.96. The summed E-state index contributed by atoms with van der Waals surface area (Å²) in [6.07, 6.45) is -1.23. The summed E-state index contributed by atoms with van der Waals surface area (Å²) in [5, 5.41) is 17.9. The minimum absolute atomic E-state index is 0.0205. The van der Waals surface area contributed by atoms with Gasteiger partial charge in [-0.25, -0.2) is 0 Å².